The summed E-state index contributed by atoms with van der Waals surface area (Å²) < 4.78 is 0. The predicted molar refractivity (Wildman–Crippen MR) is 61.1 cm³/mol. The third-order valence-corrected chi connectivity index (χ3v) is 4.20. The van der Waals surface area contributed by atoms with Gasteiger partial charge in [-0.2, -0.15) is 0 Å². The minimum atomic E-state index is 0.0852. The molecule has 1 nitrogen and oxygen atoms in total. The fourth-order valence-electron chi connectivity index (χ4n) is 5.21. The van der Waals surface area contributed by atoms with E-state index >= 15 is 0 Å². The second-order valence-corrected chi connectivity index (χ2v) is 7.32. The molecule has 0 aromatic heterocycles. The molecule has 0 heterocycles. The second-order valence-electron chi connectivity index (χ2n) is 7.32. The SMILES string of the molecule is CC1CC2(C)CC(C)(N)CC(C)(C1)C2. The number of fused-ring (bicyclic) bond motifs is 2. The first-order valence-electron chi connectivity index (χ1n) is 6.01. The van der Waals surface area contributed by atoms with Crippen LogP contribution in [-0.2, 0) is 0 Å². The Morgan fingerprint density at radius 3 is 1.79 bits per heavy atom. The van der Waals surface area contributed by atoms with Gasteiger partial charge in [-0.1, -0.05) is 20.8 Å². The van der Waals surface area contributed by atoms with Crippen LogP contribution in [0.4, 0.5) is 0 Å². The van der Waals surface area contributed by atoms with Gasteiger partial charge in [-0.15, -0.1) is 0 Å². The van der Waals surface area contributed by atoms with Crippen molar-refractivity contribution < 1.29 is 0 Å². The normalized spacial score (nSPS) is 58.5. The van der Waals surface area contributed by atoms with Crippen LogP contribution in [0, 0.1) is 16.7 Å². The van der Waals surface area contributed by atoms with Crippen molar-refractivity contribution >= 4 is 0 Å². The van der Waals surface area contributed by atoms with E-state index in [1.54, 1.807) is 0 Å². The molecule has 2 aliphatic carbocycles. The molecule has 2 N–H and O–H groups in total. The van der Waals surface area contributed by atoms with E-state index in [4.69, 9.17) is 5.73 Å². The summed E-state index contributed by atoms with van der Waals surface area (Å²) >= 11 is 0. The van der Waals surface area contributed by atoms with E-state index in [9.17, 15) is 0 Å². The molecule has 2 bridgehead atoms. The lowest BCUT2D eigenvalue weighted by Gasteiger charge is -2.57. The molecule has 1 heteroatoms. The lowest BCUT2D eigenvalue weighted by molar-refractivity contribution is -0.0379. The summed E-state index contributed by atoms with van der Waals surface area (Å²) in [4.78, 5) is 0. The Bertz CT molecular complexity index is 216. The summed E-state index contributed by atoms with van der Waals surface area (Å²) in [5, 5.41) is 0. The lowest BCUT2D eigenvalue weighted by atomic mass is 9.50. The molecular formula is C13H25N. The monoisotopic (exact) mass is 195 g/mol. The number of hydrogen-bond donors (Lipinski definition) is 1. The summed E-state index contributed by atoms with van der Waals surface area (Å²) in [5.74, 6) is 0.898. The summed E-state index contributed by atoms with van der Waals surface area (Å²) in [5.41, 5.74) is 7.51. The number of hydrogen-bond acceptors (Lipinski definition) is 1. The quantitative estimate of drug-likeness (QED) is 0.630. The van der Waals surface area contributed by atoms with Gasteiger partial charge in [-0.3, -0.25) is 0 Å². The van der Waals surface area contributed by atoms with Gasteiger partial charge < -0.3 is 5.73 Å². The van der Waals surface area contributed by atoms with Crippen LogP contribution in [0.1, 0.15) is 59.8 Å². The van der Waals surface area contributed by atoms with Crippen LogP contribution in [0.25, 0.3) is 0 Å². The fraction of sp³-hybridized carbons (Fsp3) is 1.00. The zero-order valence-electron chi connectivity index (χ0n) is 10.2. The molecule has 2 fully saturated rings. The molecule has 0 aliphatic heterocycles. The van der Waals surface area contributed by atoms with Crippen molar-refractivity contribution in [3.8, 4) is 0 Å². The molecular weight excluding hydrogens is 170 g/mol. The van der Waals surface area contributed by atoms with Gasteiger partial charge in [0.1, 0.15) is 0 Å². The Hall–Kier alpha value is -0.0400. The maximum atomic E-state index is 6.38. The molecule has 0 aromatic carbocycles. The summed E-state index contributed by atoms with van der Waals surface area (Å²) in [6, 6.07) is 0. The van der Waals surface area contributed by atoms with Crippen LogP contribution in [0.3, 0.4) is 0 Å². The molecule has 2 atom stereocenters. The lowest BCUT2D eigenvalue weighted by Crippen LogP contribution is -2.54. The van der Waals surface area contributed by atoms with Crippen LogP contribution in [0.5, 0.6) is 0 Å². The first-order valence-corrected chi connectivity index (χ1v) is 6.01. The molecule has 2 rings (SSSR count). The van der Waals surface area contributed by atoms with E-state index in [-0.39, 0.29) is 5.54 Å². The van der Waals surface area contributed by atoms with Crippen molar-refractivity contribution in [2.24, 2.45) is 22.5 Å². The smallest absolute Gasteiger partial charge is 0.0136 e. The van der Waals surface area contributed by atoms with E-state index < -0.39 is 0 Å². The fourth-order valence-corrected chi connectivity index (χ4v) is 5.21. The summed E-state index contributed by atoms with van der Waals surface area (Å²) in [6.07, 6.45) is 6.61. The number of rotatable bonds is 0. The van der Waals surface area contributed by atoms with Crippen LogP contribution in [0.2, 0.25) is 0 Å². The van der Waals surface area contributed by atoms with Gasteiger partial charge in [-0.05, 0) is 55.8 Å². The van der Waals surface area contributed by atoms with Gasteiger partial charge >= 0.3 is 0 Å². The molecule has 2 saturated carbocycles. The van der Waals surface area contributed by atoms with Crippen LogP contribution < -0.4 is 5.73 Å². The molecule has 0 radical (unpaired) electrons. The van der Waals surface area contributed by atoms with Gasteiger partial charge in [0.05, 0.1) is 0 Å². The molecule has 0 spiro atoms. The molecule has 2 aliphatic rings. The van der Waals surface area contributed by atoms with Crippen molar-refractivity contribution in [2.45, 2.75) is 65.3 Å². The van der Waals surface area contributed by atoms with Gasteiger partial charge in [0, 0.05) is 5.54 Å². The third-order valence-electron chi connectivity index (χ3n) is 4.20. The van der Waals surface area contributed by atoms with Gasteiger partial charge in [0.2, 0.25) is 0 Å². The van der Waals surface area contributed by atoms with E-state index in [1.165, 1.54) is 32.1 Å². The Morgan fingerprint density at radius 2 is 1.36 bits per heavy atom. The largest absolute Gasteiger partial charge is 0.325 e. The zero-order chi connectivity index (χ0) is 10.6. The Balaban J connectivity index is 2.28. The topological polar surface area (TPSA) is 26.0 Å². The van der Waals surface area contributed by atoms with Crippen molar-refractivity contribution in [2.75, 3.05) is 0 Å². The molecule has 0 amide bonds. The van der Waals surface area contributed by atoms with Gasteiger partial charge in [0.25, 0.3) is 0 Å². The highest BCUT2D eigenvalue weighted by Crippen LogP contribution is 2.58. The van der Waals surface area contributed by atoms with Crippen LogP contribution in [0.15, 0.2) is 0 Å². The van der Waals surface area contributed by atoms with Crippen molar-refractivity contribution in [1.82, 2.24) is 0 Å². The third kappa shape index (κ3) is 1.84. The zero-order valence-corrected chi connectivity index (χ0v) is 10.2. The van der Waals surface area contributed by atoms with Crippen LogP contribution in [-0.4, -0.2) is 5.54 Å². The molecule has 0 saturated heterocycles. The Labute approximate surface area is 88.4 Å². The van der Waals surface area contributed by atoms with E-state index in [2.05, 4.69) is 27.7 Å². The van der Waals surface area contributed by atoms with E-state index in [0.29, 0.717) is 10.8 Å². The average molecular weight is 195 g/mol. The maximum absolute atomic E-state index is 6.38. The van der Waals surface area contributed by atoms with Gasteiger partial charge in [-0.25, -0.2) is 0 Å². The van der Waals surface area contributed by atoms with E-state index in [0.717, 1.165) is 5.92 Å². The minimum absolute atomic E-state index is 0.0852. The first kappa shape index (κ1) is 10.5. The maximum Gasteiger partial charge on any atom is 0.0136 e. The Kier molecular flexibility index (Phi) is 2.06. The average Bonchev–Trinajstić information content (AvgIpc) is 1.71. The Morgan fingerprint density at radius 1 is 0.929 bits per heavy atom. The second kappa shape index (κ2) is 2.75. The summed E-state index contributed by atoms with van der Waals surface area (Å²) in [7, 11) is 0. The molecule has 82 valence electrons. The molecule has 2 unspecified atom stereocenters. The van der Waals surface area contributed by atoms with Crippen molar-refractivity contribution in [3.05, 3.63) is 0 Å². The van der Waals surface area contributed by atoms with Crippen molar-refractivity contribution in [1.29, 1.82) is 0 Å². The van der Waals surface area contributed by atoms with Crippen LogP contribution >= 0.6 is 0 Å². The number of nitrogens with two attached hydrogens (primary N) is 1. The molecule has 0 aromatic rings. The standard InChI is InChI=1S/C13H25N/c1-10-5-11(2)7-12(3,6-10)9-13(4,14)8-11/h10H,5-9,14H2,1-4H3. The highest BCUT2D eigenvalue weighted by Gasteiger charge is 2.51. The predicted octanol–water partition coefficient (Wildman–Crippen LogP) is 3.33. The van der Waals surface area contributed by atoms with Gasteiger partial charge in [0.15, 0.2) is 0 Å². The first-order chi connectivity index (χ1) is 6.22. The highest BCUT2D eigenvalue weighted by atomic mass is 14.8. The molecule has 14 heavy (non-hydrogen) atoms. The highest BCUT2D eigenvalue weighted by molar-refractivity contribution is 5.04. The minimum Gasteiger partial charge on any atom is -0.325 e. The van der Waals surface area contributed by atoms with E-state index in [1.807, 2.05) is 0 Å². The summed E-state index contributed by atoms with van der Waals surface area (Å²) in [6.45, 7) is 9.56. The van der Waals surface area contributed by atoms with Crippen molar-refractivity contribution in [3.63, 3.8) is 0 Å².